The first-order valence-electron chi connectivity index (χ1n) is 7.59. The number of amides is 1. The molecule has 1 saturated heterocycles. The van der Waals surface area contributed by atoms with Crippen LogP contribution in [0.1, 0.15) is 65.2 Å². The third-order valence-electron chi connectivity index (χ3n) is 3.82. The average molecular weight is 255 g/mol. The van der Waals surface area contributed by atoms with Crippen molar-refractivity contribution in [1.82, 2.24) is 4.90 Å². The van der Waals surface area contributed by atoms with Gasteiger partial charge in [-0.1, -0.05) is 46.0 Å². The van der Waals surface area contributed by atoms with Crippen molar-refractivity contribution in [2.75, 3.05) is 13.1 Å². The molecule has 3 nitrogen and oxygen atoms in total. The van der Waals surface area contributed by atoms with E-state index in [1.165, 1.54) is 25.7 Å². The molecular weight excluding hydrogens is 226 g/mol. The van der Waals surface area contributed by atoms with Gasteiger partial charge in [0.25, 0.3) is 0 Å². The van der Waals surface area contributed by atoms with E-state index >= 15 is 0 Å². The summed E-state index contributed by atoms with van der Waals surface area (Å²) in [5, 5.41) is 9.57. The smallest absolute Gasteiger partial charge is 0.222 e. The lowest BCUT2D eigenvalue weighted by molar-refractivity contribution is -0.135. The summed E-state index contributed by atoms with van der Waals surface area (Å²) in [5.74, 6) is 0.713. The molecule has 0 aliphatic carbocycles. The van der Waals surface area contributed by atoms with Crippen molar-refractivity contribution in [1.29, 1.82) is 0 Å². The van der Waals surface area contributed by atoms with E-state index in [9.17, 15) is 9.90 Å². The molecular formula is C15H29NO2. The van der Waals surface area contributed by atoms with Gasteiger partial charge in [-0.2, -0.15) is 0 Å². The fourth-order valence-corrected chi connectivity index (χ4v) is 2.63. The van der Waals surface area contributed by atoms with E-state index in [-0.39, 0.29) is 12.0 Å². The van der Waals surface area contributed by atoms with Gasteiger partial charge >= 0.3 is 0 Å². The monoisotopic (exact) mass is 255 g/mol. The van der Waals surface area contributed by atoms with Crippen molar-refractivity contribution in [3.8, 4) is 0 Å². The minimum atomic E-state index is -0.303. The summed E-state index contributed by atoms with van der Waals surface area (Å²) in [6.07, 6.45) is 8.39. The van der Waals surface area contributed by atoms with Gasteiger partial charge in [-0.3, -0.25) is 4.79 Å². The zero-order chi connectivity index (χ0) is 13.4. The fourth-order valence-electron chi connectivity index (χ4n) is 2.63. The number of piperidine rings is 1. The number of hydrogen-bond donors (Lipinski definition) is 1. The zero-order valence-corrected chi connectivity index (χ0v) is 12.0. The summed E-state index contributed by atoms with van der Waals surface area (Å²) < 4.78 is 0. The molecule has 0 aromatic rings. The third kappa shape index (κ3) is 5.85. The zero-order valence-electron chi connectivity index (χ0n) is 12.0. The molecule has 0 aromatic carbocycles. The summed E-state index contributed by atoms with van der Waals surface area (Å²) >= 11 is 0. The first-order chi connectivity index (χ1) is 8.63. The van der Waals surface area contributed by atoms with Gasteiger partial charge in [-0.05, 0) is 18.8 Å². The molecule has 1 rings (SSSR count). The maximum atomic E-state index is 12.1. The Morgan fingerprint density at radius 1 is 1.39 bits per heavy atom. The van der Waals surface area contributed by atoms with E-state index in [1.54, 1.807) is 0 Å². The van der Waals surface area contributed by atoms with Crippen LogP contribution in [0.4, 0.5) is 0 Å². The first-order valence-corrected chi connectivity index (χ1v) is 7.59. The quantitative estimate of drug-likeness (QED) is 0.711. The first kappa shape index (κ1) is 15.5. The fraction of sp³-hybridized carbons (Fsp3) is 0.933. The average Bonchev–Trinajstić information content (AvgIpc) is 2.34. The van der Waals surface area contributed by atoms with Gasteiger partial charge in [0, 0.05) is 19.5 Å². The highest BCUT2D eigenvalue weighted by molar-refractivity contribution is 5.76. The van der Waals surface area contributed by atoms with Crippen LogP contribution in [0.25, 0.3) is 0 Å². The second-order valence-corrected chi connectivity index (χ2v) is 5.79. The molecule has 1 amide bonds. The Morgan fingerprint density at radius 3 is 2.83 bits per heavy atom. The number of β-amino-alcohol motifs (C(OH)–C–C–N with tert-alkyl or cyclic N) is 1. The Balaban J connectivity index is 2.17. The molecule has 1 aliphatic rings. The van der Waals surface area contributed by atoms with Gasteiger partial charge in [-0.15, -0.1) is 0 Å². The van der Waals surface area contributed by atoms with Crippen LogP contribution in [0.5, 0.6) is 0 Å². The Kier molecular flexibility index (Phi) is 7.33. The summed E-state index contributed by atoms with van der Waals surface area (Å²) in [6, 6.07) is 0. The third-order valence-corrected chi connectivity index (χ3v) is 3.82. The van der Waals surface area contributed by atoms with Gasteiger partial charge in [0.05, 0.1) is 6.10 Å². The molecule has 1 fully saturated rings. The lowest BCUT2D eigenvalue weighted by Crippen LogP contribution is -2.42. The molecule has 1 aliphatic heterocycles. The van der Waals surface area contributed by atoms with Crippen LogP contribution in [0, 0.1) is 5.92 Å². The Bertz CT molecular complexity index is 243. The van der Waals surface area contributed by atoms with Gasteiger partial charge < -0.3 is 10.0 Å². The molecule has 2 atom stereocenters. The molecule has 0 bridgehead atoms. The van der Waals surface area contributed by atoms with Crippen LogP contribution in [0.3, 0.4) is 0 Å². The maximum absolute atomic E-state index is 12.1. The normalized spacial score (nSPS) is 21.9. The van der Waals surface area contributed by atoms with E-state index in [0.29, 0.717) is 18.9 Å². The van der Waals surface area contributed by atoms with E-state index in [1.807, 2.05) is 4.90 Å². The van der Waals surface area contributed by atoms with E-state index in [0.717, 1.165) is 25.8 Å². The molecule has 0 saturated carbocycles. The molecule has 106 valence electrons. The van der Waals surface area contributed by atoms with Gasteiger partial charge in [0.1, 0.15) is 0 Å². The van der Waals surface area contributed by atoms with E-state index in [4.69, 9.17) is 0 Å². The summed E-state index contributed by atoms with van der Waals surface area (Å²) in [5.41, 5.74) is 0. The standard InChI is InChI=1S/C15H29NO2/c1-3-4-5-6-8-13(2)11-15(18)16-10-7-9-14(17)12-16/h13-14,17H,3-12H2,1-2H3. The molecule has 2 unspecified atom stereocenters. The number of aliphatic hydroxyl groups is 1. The molecule has 1 N–H and O–H groups in total. The van der Waals surface area contributed by atoms with Crippen LogP contribution in [0.2, 0.25) is 0 Å². The van der Waals surface area contributed by atoms with Gasteiger partial charge in [-0.25, -0.2) is 0 Å². The van der Waals surface area contributed by atoms with Crippen molar-refractivity contribution in [3.63, 3.8) is 0 Å². The van der Waals surface area contributed by atoms with Gasteiger partial charge in [0.15, 0.2) is 0 Å². The highest BCUT2D eigenvalue weighted by atomic mass is 16.3. The highest BCUT2D eigenvalue weighted by Gasteiger charge is 2.22. The molecule has 18 heavy (non-hydrogen) atoms. The second-order valence-electron chi connectivity index (χ2n) is 5.79. The molecule has 0 spiro atoms. The predicted octanol–water partition coefficient (Wildman–Crippen LogP) is 2.97. The van der Waals surface area contributed by atoms with Crippen LogP contribution >= 0.6 is 0 Å². The number of unbranched alkanes of at least 4 members (excludes halogenated alkanes) is 3. The van der Waals surface area contributed by atoms with Crippen molar-refractivity contribution in [3.05, 3.63) is 0 Å². The summed E-state index contributed by atoms with van der Waals surface area (Å²) in [4.78, 5) is 13.9. The predicted molar refractivity (Wildman–Crippen MR) is 74.4 cm³/mol. The maximum Gasteiger partial charge on any atom is 0.222 e. The Labute approximate surface area is 112 Å². The minimum absolute atomic E-state index is 0.233. The highest BCUT2D eigenvalue weighted by Crippen LogP contribution is 2.17. The second kappa shape index (κ2) is 8.52. The lowest BCUT2D eigenvalue weighted by atomic mass is 9.98. The number of rotatable bonds is 7. The Morgan fingerprint density at radius 2 is 2.17 bits per heavy atom. The summed E-state index contributed by atoms with van der Waals surface area (Å²) in [7, 11) is 0. The largest absolute Gasteiger partial charge is 0.391 e. The van der Waals surface area contributed by atoms with Crippen molar-refractivity contribution >= 4 is 5.91 Å². The molecule has 3 heteroatoms. The van der Waals surface area contributed by atoms with E-state index in [2.05, 4.69) is 13.8 Å². The molecule has 1 heterocycles. The topological polar surface area (TPSA) is 40.5 Å². The van der Waals surface area contributed by atoms with Gasteiger partial charge in [0.2, 0.25) is 5.91 Å². The van der Waals surface area contributed by atoms with Crippen LogP contribution in [-0.4, -0.2) is 35.1 Å². The van der Waals surface area contributed by atoms with Crippen molar-refractivity contribution in [2.24, 2.45) is 5.92 Å². The van der Waals surface area contributed by atoms with Crippen LogP contribution in [0.15, 0.2) is 0 Å². The number of carbonyl (C=O) groups is 1. The number of carbonyl (C=O) groups excluding carboxylic acids is 1. The molecule has 0 aromatic heterocycles. The lowest BCUT2D eigenvalue weighted by Gasteiger charge is -2.31. The van der Waals surface area contributed by atoms with Crippen LogP contribution in [-0.2, 0) is 4.79 Å². The Hall–Kier alpha value is -0.570. The molecule has 0 radical (unpaired) electrons. The number of nitrogens with zero attached hydrogens (tertiary/aromatic N) is 1. The van der Waals surface area contributed by atoms with Crippen LogP contribution < -0.4 is 0 Å². The van der Waals surface area contributed by atoms with Crippen molar-refractivity contribution in [2.45, 2.75) is 71.3 Å². The number of aliphatic hydroxyl groups excluding tert-OH is 1. The number of likely N-dealkylation sites (tertiary alicyclic amines) is 1. The SMILES string of the molecule is CCCCCCC(C)CC(=O)N1CCCC(O)C1. The van der Waals surface area contributed by atoms with E-state index < -0.39 is 0 Å². The minimum Gasteiger partial charge on any atom is -0.391 e. The summed E-state index contributed by atoms with van der Waals surface area (Å²) in [6.45, 7) is 5.76. The van der Waals surface area contributed by atoms with Crippen molar-refractivity contribution < 1.29 is 9.90 Å². The number of hydrogen-bond acceptors (Lipinski definition) is 2.